The number of likely N-dealkylation sites (tertiary alicyclic amines) is 1. The normalized spacial score (nSPS) is 18.3. The van der Waals surface area contributed by atoms with E-state index >= 15 is 0 Å². The molecule has 23 heavy (non-hydrogen) atoms. The van der Waals surface area contributed by atoms with Crippen LogP contribution in [0.3, 0.4) is 0 Å². The zero-order valence-electron chi connectivity index (χ0n) is 13.7. The number of carbonyl (C=O) groups excluding carboxylic acids is 1. The maximum Gasteiger partial charge on any atom is 0.217 e. The molecule has 0 bridgehead atoms. The summed E-state index contributed by atoms with van der Waals surface area (Å²) in [5.74, 6) is -0.0312. The van der Waals surface area contributed by atoms with Gasteiger partial charge < -0.3 is 5.32 Å². The molecule has 122 valence electrons. The van der Waals surface area contributed by atoms with Crippen molar-refractivity contribution in [3.63, 3.8) is 0 Å². The molecular formula is C17H23N5O. The molecule has 1 aliphatic heterocycles. The predicted octanol–water partition coefficient (Wildman–Crippen LogP) is 1.79. The van der Waals surface area contributed by atoms with Gasteiger partial charge in [0.2, 0.25) is 5.91 Å². The average Bonchev–Trinajstić information content (AvgIpc) is 3.15. The molecule has 0 saturated carbocycles. The van der Waals surface area contributed by atoms with E-state index in [4.69, 9.17) is 4.98 Å². The number of nitrogens with zero attached hydrogens (tertiary/aromatic N) is 4. The van der Waals surface area contributed by atoms with Crippen molar-refractivity contribution in [3.05, 3.63) is 47.5 Å². The highest BCUT2D eigenvalue weighted by molar-refractivity contribution is 5.72. The van der Waals surface area contributed by atoms with Crippen molar-refractivity contribution < 1.29 is 4.79 Å². The molecule has 6 heteroatoms. The second-order valence-corrected chi connectivity index (χ2v) is 6.11. The number of hydrogen-bond acceptors (Lipinski definition) is 4. The molecule has 1 aliphatic rings. The van der Waals surface area contributed by atoms with Crippen LogP contribution in [0.4, 0.5) is 0 Å². The van der Waals surface area contributed by atoms with Crippen molar-refractivity contribution in [2.24, 2.45) is 7.05 Å². The van der Waals surface area contributed by atoms with Gasteiger partial charge in [-0.1, -0.05) is 6.07 Å². The third-order valence-electron chi connectivity index (χ3n) is 4.20. The zero-order valence-corrected chi connectivity index (χ0v) is 13.7. The first-order valence-electron chi connectivity index (χ1n) is 8.03. The summed E-state index contributed by atoms with van der Waals surface area (Å²) in [5, 5.41) is 7.05. The van der Waals surface area contributed by atoms with Gasteiger partial charge >= 0.3 is 0 Å². The van der Waals surface area contributed by atoms with Crippen molar-refractivity contribution in [1.82, 2.24) is 25.0 Å². The summed E-state index contributed by atoms with van der Waals surface area (Å²) in [6.45, 7) is 3.99. The lowest BCUT2D eigenvalue weighted by Gasteiger charge is -2.23. The Labute approximate surface area is 136 Å². The highest BCUT2D eigenvalue weighted by atomic mass is 16.1. The molecular weight excluding hydrogens is 290 g/mol. The molecule has 2 aromatic heterocycles. The second-order valence-electron chi connectivity index (χ2n) is 6.11. The molecule has 1 amide bonds. The van der Waals surface area contributed by atoms with Crippen LogP contribution in [0.15, 0.2) is 30.6 Å². The quantitative estimate of drug-likeness (QED) is 0.914. The van der Waals surface area contributed by atoms with E-state index in [-0.39, 0.29) is 5.91 Å². The summed E-state index contributed by atoms with van der Waals surface area (Å²) in [6, 6.07) is 6.41. The maximum atomic E-state index is 11.1. The number of pyridine rings is 1. The van der Waals surface area contributed by atoms with Crippen molar-refractivity contribution in [3.8, 4) is 0 Å². The Bertz CT molecular complexity index is 681. The molecule has 0 aliphatic carbocycles. The summed E-state index contributed by atoms with van der Waals surface area (Å²) < 4.78 is 1.84. The smallest absolute Gasteiger partial charge is 0.217 e. The fourth-order valence-corrected chi connectivity index (χ4v) is 3.14. The third-order valence-corrected chi connectivity index (χ3v) is 4.20. The van der Waals surface area contributed by atoms with Gasteiger partial charge in [0, 0.05) is 32.3 Å². The number of rotatable bonds is 5. The Morgan fingerprint density at radius 1 is 1.43 bits per heavy atom. The molecule has 0 spiro atoms. The fourth-order valence-electron chi connectivity index (χ4n) is 3.14. The molecule has 0 aromatic carbocycles. The lowest BCUT2D eigenvalue weighted by atomic mass is 10.1. The molecule has 1 unspecified atom stereocenters. The van der Waals surface area contributed by atoms with Crippen LogP contribution in [-0.4, -0.2) is 32.1 Å². The Kier molecular flexibility index (Phi) is 4.71. The Morgan fingerprint density at radius 3 is 3.04 bits per heavy atom. The van der Waals surface area contributed by atoms with E-state index in [2.05, 4.69) is 27.6 Å². The van der Waals surface area contributed by atoms with E-state index in [1.54, 1.807) is 0 Å². The zero-order chi connectivity index (χ0) is 16.2. The van der Waals surface area contributed by atoms with Crippen molar-refractivity contribution in [2.75, 3.05) is 6.54 Å². The first-order valence-corrected chi connectivity index (χ1v) is 8.03. The lowest BCUT2D eigenvalue weighted by Crippen LogP contribution is -2.24. The van der Waals surface area contributed by atoms with Crippen LogP contribution >= 0.6 is 0 Å². The minimum absolute atomic E-state index is 0.0312. The van der Waals surface area contributed by atoms with Crippen molar-refractivity contribution in [2.45, 2.75) is 38.9 Å². The first kappa shape index (κ1) is 15.7. The van der Waals surface area contributed by atoms with Gasteiger partial charge in [0.25, 0.3) is 0 Å². The summed E-state index contributed by atoms with van der Waals surface area (Å²) in [5.41, 5.74) is 3.23. The molecule has 1 fully saturated rings. The third kappa shape index (κ3) is 3.96. The topological polar surface area (TPSA) is 63.1 Å². The number of amides is 1. The minimum Gasteiger partial charge on any atom is -0.351 e. The van der Waals surface area contributed by atoms with Gasteiger partial charge in [-0.05, 0) is 31.5 Å². The number of hydrogen-bond donors (Lipinski definition) is 1. The van der Waals surface area contributed by atoms with E-state index in [0.717, 1.165) is 30.9 Å². The van der Waals surface area contributed by atoms with Gasteiger partial charge in [-0.15, -0.1) is 0 Å². The summed E-state index contributed by atoms with van der Waals surface area (Å²) in [7, 11) is 1.94. The number of carbonyl (C=O) groups is 1. The number of aryl methyl sites for hydroxylation is 1. The first-order chi connectivity index (χ1) is 11.1. The van der Waals surface area contributed by atoms with Crippen LogP contribution in [0.2, 0.25) is 0 Å². The van der Waals surface area contributed by atoms with Gasteiger partial charge in [-0.25, -0.2) is 0 Å². The van der Waals surface area contributed by atoms with Gasteiger partial charge in [0.1, 0.15) is 0 Å². The Hall–Kier alpha value is -2.21. The molecule has 3 rings (SSSR count). The van der Waals surface area contributed by atoms with E-state index in [1.807, 2.05) is 30.1 Å². The Morgan fingerprint density at radius 2 is 2.30 bits per heavy atom. The van der Waals surface area contributed by atoms with Crippen LogP contribution < -0.4 is 5.32 Å². The van der Waals surface area contributed by atoms with Crippen LogP contribution in [0.1, 0.15) is 42.8 Å². The van der Waals surface area contributed by atoms with Crippen LogP contribution in [0, 0.1) is 0 Å². The number of aromatic nitrogens is 3. The number of nitrogens with one attached hydrogen (secondary N) is 1. The van der Waals surface area contributed by atoms with E-state index in [0.29, 0.717) is 12.6 Å². The predicted molar refractivity (Wildman–Crippen MR) is 87.4 cm³/mol. The van der Waals surface area contributed by atoms with Gasteiger partial charge in [0.15, 0.2) is 0 Å². The van der Waals surface area contributed by atoms with E-state index < -0.39 is 0 Å². The SMILES string of the molecule is CC(=O)NCc1cccc(C2CCCN2Cc2cnn(C)c2)n1. The Balaban J connectivity index is 1.71. The largest absolute Gasteiger partial charge is 0.351 e. The van der Waals surface area contributed by atoms with Gasteiger partial charge in [-0.2, -0.15) is 5.10 Å². The molecule has 1 N–H and O–H groups in total. The maximum absolute atomic E-state index is 11.1. The summed E-state index contributed by atoms with van der Waals surface area (Å²) >= 11 is 0. The summed E-state index contributed by atoms with van der Waals surface area (Å²) in [6.07, 6.45) is 6.30. The molecule has 2 aromatic rings. The molecule has 1 saturated heterocycles. The standard InChI is InChI=1S/C17H23N5O/c1-13(23)18-10-15-5-3-6-16(20-15)17-7-4-8-22(17)12-14-9-19-21(2)11-14/h3,5-6,9,11,17H,4,7-8,10,12H2,1-2H3,(H,18,23). The van der Waals surface area contributed by atoms with Crippen molar-refractivity contribution in [1.29, 1.82) is 0 Å². The van der Waals surface area contributed by atoms with Crippen LogP contribution in [-0.2, 0) is 24.9 Å². The highest BCUT2D eigenvalue weighted by Gasteiger charge is 2.27. The van der Waals surface area contributed by atoms with Gasteiger partial charge in [0.05, 0.1) is 30.2 Å². The lowest BCUT2D eigenvalue weighted by molar-refractivity contribution is -0.119. The van der Waals surface area contributed by atoms with E-state index in [9.17, 15) is 4.79 Å². The fraction of sp³-hybridized carbons (Fsp3) is 0.471. The monoisotopic (exact) mass is 313 g/mol. The molecule has 1 atom stereocenters. The average molecular weight is 313 g/mol. The molecule has 6 nitrogen and oxygen atoms in total. The molecule has 0 radical (unpaired) electrons. The van der Waals surface area contributed by atoms with Gasteiger partial charge in [-0.3, -0.25) is 19.4 Å². The van der Waals surface area contributed by atoms with E-state index in [1.165, 1.54) is 18.9 Å². The second kappa shape index (κ2) is 6.91. The van der Waals surface area contributed by atoms with Crippen molar-refractivity contribution >= 4 is 5.91 Å². The van der Waals surface area contributed by atoms with Crippen LogP contribution in [0.5, 0.6) is 0 Å². The van der Waals surface area contributed by atoms with Crippen LogP contribution in [0.25, 0.3) is 0 Å². The molecule has 3 heterocycles. The summed E-state index contributed by atoms with van der Waals surface area (Å²) in [4.78, 5) is 18.3. The minimum atomic E-state index is -0.0312. The highest BCUT2D eigenvalue weighted by Crippen LogP contribution is 2.32.